The van der Waals surface area contributed by atoms with Crippen LogP contribution in [0.4, 0.5) is 0 Å². The molecule has 3 atom stereocenters. The first-order chi connectivity index (χ1) is 8.74. The minimum absolute atomic E-state index is 0.194. The molecule has 1 aromatic rings. The molecular weight excluding hydrogens is 228 g/mol. The number of nitrogens with one attached hydrogen (secondary N) is 1. The highest BCUT2D eigenvalue weighted by Gasteiger charge is 2.38. The van der Waals surface area contributed by atoms with Crippen molar-refractivity contribution in [1.82, 2.24) is 5.43 Å². The Morgan fingerprint density at radius 1 is 1.50 bits per heavy atom. The Kier molecular flexibility index (Phi) is 2.94. The van der Waals surface area contributed by atoms with Crippen LogP contribution in [0.25, 0.3) is 0 Å². The van der Waals surface area contributed by atoms with Gasteiger partial charge in [-0.3, -0.25) is 4.79 Å². The maximum Gasteiger partial charge on any atom is 0.274 e. The highest BCUT2D eigenvalue weighted by molar-refractivity contribution is 5.95. The van der Waals surface area contributed by atoms with Crippen LogP contribution in [-0.4, -0.2) is 12.1 Å². The summed E-state index contributed by atoms with van der Waals surface area (Å²) in [6.45, 7) is 1.77. The number of aryl methyl sites for hydroxylation is 1. The van der Waals surface area contributed by atoms with Crippen molar-refractivity contribution in [1.29, 1.82) is 0 Å². The third-order valence-electron chi connectivity index (χ3n) is 4.33. The van der Waals surface area contributed by atoms with Crippen LogP contribution in [0, 0.1) is 24.7 Å². The van der Waals surface area contributed by atoms with Crippen LogP contribution in [0.15, 0.2) is 21.8 Å². The van der Waals surface area contributed by atoms with Crippen LogP contribution < -0.4 is 5.43 Å². The number of nitrogens with zero attached hydrogens (tertiary/aromatic N) is 1. The molecule has 2 aliphatic carbocycles. The van der Waals surface area contributed by atoms with Gasteiger partial charge in [0.25, 0.3) is 5.91 Å². The van der Waals surface area contributed by atoms with Crippen LogP contribution in [0.1, 0.15) is 41.8 Å². The fourth-order valence-corrected chi connectivity index (χ4v) is 3.35. The Bertz CT molecular complexity index is 478. The number of hydrogen-bond donors (Lipinski definition) is 1. The maximum absolute atomic E-state index is 11.8. The molecule has 1 amide bonds. The SMILES string of the molecule is Cc1occc1C(=O)N/N=C/C1CC2CCC1C2. The maximum atomic E-state index is 11.8. The fourth-order valence-electron chi connectivity index (χ4n) is 3.35. The van der Waals surface area contributed by atoms with E-state index in [9.17, 15) is 4.79 Å². The second kappa shape index (κ2) is 4.59. The third-order valence-corrected chi connectivity index (χ3v) is 4.33. The second-order valence-electron chi connectivity index (χ2n) is 5.45. The summed E-state index contributed by atoms with van der Waals surface area (Å²) >= 11 is 0. The molecule has 0 spiro atoms. The number of furan rings is 1. The van der Waals surface area contributed by atoms with Crippen LogP contribution in [0.5, 0.6) is 0 Å². The van der Waals surface area contributed by atoms with Gasteiger partial charge in [-0.15, -0.1) is 0 Å². The summed E-state index contributed by atoms with van der Waals surface area (Å²) in [4.78, 5) is 11.8. The van der Waals surface area contributed by atoms with Gasteiger partial charge in [-0.1, -0.05) is 6.42 Å². The standard InChI is InChI=1S/C14H18N2O2/c1-9-13(4-5-18-9)14(17)16-15-8-12-7-10-2-3-11(12)6-10/h4-5,8,10-12H,2-3,6-7H2,1H3,(H,16,17)/b15-8+. The van der Waals surface area contributed by atoms with E-state index < -0.39 is 0 Å². The zero-order valence-electron chi connectivity index (χ0n) is 10.6. The molecule has 2 aliphatic rings. The van der Waals surface area contributed by atoms with E-state index in [0.29, 0.717) is 17.2 Å². The van der Waals surface area contributed by atoms with Gasteiger partial charge in [0.15, 0.2) is 0 Å². The molecule has 1 N–H and O–H groups in total. The zero-order chi connectivity index (χ0) is 12.5. The molecule has 1 heterocycles. The summed E-state index contributed by atoms with van der Waals surface area (Å²) < 4.78 is 5.09. The summed E-state index contributed by atoms with van der Waals surface area (Å²) in [5, 5.41) is 4.10. The molecule has 4 nitrogen and oxygen atoms in total. The third kappa shape index (κ3) is 2.07. The van der Waals surface area contributed by atoms with E-state index in [1.165, 1.54) is 31.9 Å². The van der Waals surface area contributed by atoms with E-state index in [4.69, 9.17) is 4.42 Å². The molecule has 0 aromatic carbocycles. The highest BCUT2D eigenvalue weighted by atomic mass is 16.3. The van der Waals surface area contributed by atoms with Crippen LogP contribution in [-0.2, 0) is 0 Å². The molecule has 0 aliphatic heterocycles. The average Bonchev–Trinajstić information content (AvgIpc) is 3.04. The zero-order valence-corrected chi connectivity index (χ0v) is 10.6. The number of fused-ring (bicyclic) bond motifs is 2. The lowest BCUT2D eigenvalue weighted by molar-refractivity contribution is 0.0953. The first-order valence-electron chi connectivity index (χ1n) is 6.61. The first kappa shape index (κ1) is 11.5. The first-order valence-corrected chi connectivity index (χ1v) is 6.61. The molecular formula is C14H18N2O2. The van der Waals surface area contributed by atoms with E-state index in [0.717, 1.165) is 11.8 Å². The van der Waals surface area contributed by atoms with Crippen molar-refractivity contribution < 1.29 is 9.21 Å². The average molecular weight is 246 g/mol. The van der Waals surface area contributed by atoms with Crippen molar-refractivity contribution in [3.63, 3.8) is 0 Å². The number of hydrogen-bond acceptors (Lipinski definition) is 3. The number of amides is 1. The van der Waals surface area contributed by atoms with Crippen LogP contribution in [0.2, 0.25) is 0 Å². The van der Waals surface area contributed by atoms with Crippen molar-refractivity contribution in [2.75, 3.05) is 0 Å². The van der Waals surface area contributed by atoms with Gasteiger partial charge in [0.05, 0.1) is 11.8 Å². The lowest BCUT2D eigenvalue weighted by atomic mass is 9.90. The lowest BCUT2D eigenvalue weighted by Crippen LogP contribution is -2.20. The van der Waals surface area contributed by atoms with E-state index in [-0.39, 0.29) is 5.91 Å². The number of rotatable bonds is 3. The van der Waals surface area contributed by atoms with E-state index in [2.05, 4.69) is 10.5 Å². The quantitative estimate of drug-likeness (QED) is 0.658. The Hall–Kier alpha value is -1.58. The fraction of sp³-hybridized carbons (Fsp3) is 0.571. The molecule has 2 fully saturated rings. The summed E-state index contributed by atoms with van der Waals surface area (Å²) in [6, 6.07) is 1.66. The van der Waals surface area contributed by atoms with Gasteiger partial charge in [0.2, 0.25) is 0 Å². The molecule has 2 saturated carbocycles. The smallest absolute Gasteiger partial charge is 0.274 e. The van der Waals surface area contributed by atoms with Gasteiger partial charge < -0.3 is 4.42 Å². The van der Waals surface area contributed by atoms with Gasteiger partial charge in [0, 0.05) is 6.21 Å². The Labute approximate surface area is 106 Å². The summed E-state index contributed by atoms with van der Waals surface area (Å²) in [6.07, 6.45) is 8.76. The van der Waals surface area contributed by atoms with E-state index in [1.54, 1.807) is 13.0 Å². The van der Waals surface area contributed by atoms with Gasteiger partial charge >= 0.3 is 0 Å². The van der Waals surface area contributed by atoms with Crippen molar-refractivity contribution in [3.8, 4) is 0 Å². The lowest BCUT2D eigenvalue weighted by Gasteiger charge is -2.16. The van der Waals surface area contributed by atoms with Gasteiger partial charge in [-0.2, -0.15) is 5.10 Å². The second-order valence-corrected chi connectivity index (χ2v) is 5.45. The Morgan fingerprint density at radius 3 is 3.00 bits per heavy atom. The summed E-state index contributed by atoms with van der Waals surface area (Å²) in [5.74, 6) is 2.70. The molecule has 2 bridgehead atoms. The molecule has 1 aromatic heterocycles. The molecule has 18 heavy (non-hydrogen) atoms. The molecule has 0 radical (unpaired) electrons. The molecule has 0 saturated heterocycles. The van der Waals surface area contributed by atoms with Crippen molar-refractivity contribution >= 4 is 12.1 Å². The largest absolute Gasteiger partial charge is 0.469 e. The molecule has 96 valence electrons. The van der Waals surface area contributed by atoms with Gasteiger partial charge in [-0.05, 0) is 50.0 Å². The van der Waals surface area contributed by atoms with Crippen molar-refractivity contribution in [2.24, 2.45) is 22.9 Å². The molecule has 3 unspecified atom stereocenters. The van der Waals surface area contributed by atoms with E-state index in [1.807, 2.05) is 6.21 Å². The predicted octanol–water partition coefficient (Wildman–Crippen LogP) is 2.74. The van der Waals surface area contributed by atoms with Crippen molar-refractivity contribution in [3.05, 3.63) is 23.7 Å². The number of carbonyl (C=O) groups excluding carboxylic acids is 1. The van der Waals surface area contributed by atoms with Crippen LogP contribution in [0.3, 0.4) is 0 Å². The predicted molar refractivity (Wildman–Crippen MR) is 68.3 cm³/mol. The topological polar surface area (TPSA) is 54.6 Å². The Morgan fingerprint density at radius 2 is 2.39 bits per heavy atom. The minimum Gasteiger partial charge on any atom is -0.469 e. The highest BCUT2D eigenvalue weighted by Crippen LogP contribution is 2.47. The Balaban J connectivity index is 1.55. The van der Waals surface area contributed by atoms with Crippen LogP contribution >= 0.6 is 0 Å². The van der Waals surface area contributed by atoms with Crippen molar-refractivity contribution in [2.45, 2.75) is 32.6 Å². The van der Waals surface area contributed by atoms with Gasteiger partial charge in [-0.25, -0.2) is 5.43 Å². The number of carbonyl (C=O) groups is 1. The van der Waals surface area contributed by atoms with E-state index >= 15 is 0 Å². The molecule has 3 rings (SSSR count). The normalized spacial score (nSPS) is 30.2. The monoisotopic (exact) mass is 246 g/mol. The summed E-state index contributed by atoms with van der Waals surface area (Å²) in [5.41, 5.74) is 3.14. The minimum atomic E-state index is -0.194. The summed E-state index contributed by atoms with van der Waals surface area (Å²) in [7, 11) is 0. The van der Waals surface area contributed by atoms with Gasteiger partial charge in [0.1, 0.15) is 5.76 Å². The molecule has 4 heteroatoms. The number of hydrazone groups is 1.